The number of aliphatic hydroxyl groups is 2. The molecule has 23 heavy (non-hydrogen) atoms. The number of carbonyl (C=O) groups is 2. The summed E-state index contributed by atoms with van der Waals surface area (Å²) in [6.07, 6.45) is -0.644. The number of hydrogen-bond acceptors (Lipinski definition) is 5. The second kappa shape index (κ2) is 7.42. The first-order valence-corrected chi connectivity index (χ1v) is 8.70. The number of likely N-dealkylation sites (tertiary alicyclic amines) is 1. The molecule has 1 aliphatic rings. The fourth-order valence-corrected chi connectivity index (χ4v) is 3.67. The molecule has 2 rings (SSSR count). The standard InChI is InChI=1S/C16H24N2O4S/c1-4-5-9(2)17-15(21)13-14(20)11(19)8-18(13)16(22)12-7-6-10(3)23-12/h6-7,9,11,13-14,19-20H,4-5,8H2,1-3H3,(H,17,21)/t9?,11-,13?,14+/m0/s1. The van der Waals surface area contributed by atoms with Gasteiger partial charge in [0.1, 0.15) is 18.2 Å². The van der Waals surface area contributed by atoms with E-state index in [1.54, 1.807) is 6.07 Å². The van der Waals surface area contributed by atoms with Crippen LogP contribution in [-0.2, 0) is 4.79 Å². The molecule has 0 bridgehead atoms. The number of aliphatic hydroxyl groups excluding tert-OH is 2. The zero-order chi connectivity index (χ0) is 17.1. The summed E-state index contributed by atoms with van der Waals surface area (Å²) in [5.74, 6) is -0.751. The van der Waals surface area contributed by atoms with E-state index in [4.69, 9.17) is 0 Å². The Hall–Kier alpha value is -1.44. The highest BCUT2D eigenvalue weighted by Gasteiger charge is 2.47. The topological polar surface area (TPSA) is 89.9 Å². The van der Waals surface area contributed by atoms with Gasteiger partial charge in [0.15, 0.2) is 0 Å². The number of amides is 2. The Morgan fingerprint density at radius 1 is 1.43 bits per heavy atom. The molecule has 1 aliphatic heterocycles. The van der Waals surface area contributed by atoms with Crippen LogP contribution in [0.25, 0.3) is 0 Å². The minimum atomic E-state index is -1.27. The minimum absolute atomic E-state index is 0.0432. The Bertz CT molecular complexity index is 574. The molecule has 128 valence electrons. The van der Waals surface area contributed by atoms with Crippen LogP contribution in [0.1, 0.15) is 41.2 Å². The van der Waals surface area contributed by atoms with E-state index < -0.39 is 24.2 Å². The molecule has 6 nitrogen and oxygen atoms in total. The molecule has 2 heterocycles. The maximum Gasteiger partial charge on any atom is 0.264 e. The predicted octanol–water partition coefficient (Wildman–Crippen LogP) is 0.908. The summed E-state index contributed by atoms with van der Waals surface area (Å²) >= 11 is 1.33. The van der Waals surface area contributed by atoms with Crippen LogP contribution < -0.4 is 5.32 Å². The van der Waals surface area contributed by atoms with Crippen LogP contribution in [0, 0.1) is 6.92 Å². The van der Waals surface area contributed by atoms with E-state index in [9.17, 15) is 19.8 Å². The van der Waals surface area contributed by atoms with E-state index in [-0.39, 0.29) is 18.5 Å². The van der Waals surface area contributed by atoms with Gasteiger partial charge in [-0.3, -0.25) is 9.59 Å². The average molecular weight is 340 g/mol. The molecule has 4 atom stereocenters. The molecule has 1 fully saturated rings. The van der Waals surface area contributed by atoms with Crippen molar-refractivity contribution in [1.82, 2.24) is 10.2 Å². The van der Waals surface area contributed by atoms with Crippen molar-refractivity contribution in [2.75, 3.05) is 6.54 Å². The number of rotatable bonds is 5. The van der Waals surface area contributed by atoms with E-state index in [1.165, 1.54) is 16.2 Å². The van der Waals surface area contributed by atoms with Crippen molar-refractivity contribution in [1.29, 1.82) is 0 Å². The number of thiophene rings is 1. The zero-order valence-electron chi connectivity index (χ0n) is 13.7. The van der Waals surface area contributed by atoms with Crippen LogP contribution in [-0.4, -0.2) is 57.8 Å². The maximum absolute atomic E-state index is 12.6. The first-order chi connectivity index (χ1) is 10.8. The lowest BCUT2D eigenvalue weighted by atomic mass is 10.1. The number of aryl methyl sites for hydroxylation is 1. The lowest BCUT2D eigenvalue weighted by Gasteiger charge is -2.26. The molecular formula is C16H24N2O4S. The van der Waals surface area contributed by atoms with Crippen LogP contribution in [0.2, 0.25) is 0 Å². The van der Waals surface area contributed by atoms with E-state index in [2.05, 4.69) is 5.32 Å². The van der Waals surface area contributed by atoms with Crippen molar-refractivity contribution in [2.24, 2.45) is 0 Å². The summed E-state index contributed by atoms with van der Waals surface area (Å²) < 4.78 is 0. The van der Waals surface area contributed by atoms with Crippen LogP contribution in [0.15, 0.2) is 12.1 Å². The Balaban J connectivity index is 2.16. The summed E-state index contributed by atoms with van der Waals surface area (Å²) in [6, 6.07) is 2.44. The number of carbonyl (C=O) groups excluding carboxylic acids is 2. The second-order valence-electron chi connectivity index (χ2n) is 6.07. The van der Waals surface area contributed by atoms with E-state index >= 15 is 0 Å². The van der Waals surface area contributed by atoms with Crippen LogP contribution in [0.5, 0.6) is 0 Å². The smallest absolute Gasteiger partial charge is 0.264 e. The maximum atomic E-state index is 12.6. The first-order valence-electron chi connectivity index (χ1n) is 7.89. The Labute approximate surface area is 140 Å². The molecule has 2 unspecified atom stereocenters. The third kappa shape index (κ3) is 3.91. The molecule has 1 saturated heterocycles. The Kier molecular flexibility index (Phi) is 5.78. The SMILES string of the molecule is CCCC(C)NC(=O)C1[C@H](O)[C@@H](O)CN1C(=O)c1ccc(C)s1. The van der Waals surface area contributed by atoms with Crippen LogP contribution >= 0.6 is 11.3 Å². The van der Waals surface area contributed by atoms with E-state index in [0.29, 0.717) is 4.88 Å². The van der Waals surface area contributed by atoms with Crippen molar-refractivity contribution in [2.45, 2.75) is 57.9 Å². The summed E-state index contributed by atoms with van der Waals surface area (Å²) in [7, 11) is 0. The molecule has 0 saturated carbocycles. The molecule has 0 aromatic carbocycles. The molecule has 0 spiro atoms. The largest absolute Gasteiger partial charge is 0.388 e. The molecule has 0 aliphatic carbocycles. The monoisotopic (exact) mass is 340 g/mol. The third-order valence-corrected chi connectivity index (χ3v) is 5.02. The number of nitrogens with zero attached hydrogens (tertiary/aromatic N) is 1. The normalized spacial score (nSPS) is 25.4. The summed E-state index contributed by atoms with van der Waals surface area (Å²) in [4.78, 5) is 27.8. The van der Waals surface area contributed by atoms with E-state index in [1.807, 2.05) is 26.8 Å². The molecular weight excluding hydrogens is 316 g/mol. The lowest BCUT2D eigenvalue weighted by Crippen LogP contribution is -2.52. The van der Waals surface area contributed by atoms with Gasteiger partial charge in [0, 0.05) is 10.9 Å². The van der Waals surface area contributed by atoms with Gasteiger partial charge < -0.3 is 20.4 Å². The van der Waals surface area contributed by atoms with Crippen molar-refractivity contribution >= 4 is 23.2 Å². The van der Waals surface area contributed by atoms with Gasteiger partial charge in [-0.25, -0.2) is 0 Å². The van der Waals surface area contributed by atoms with Gasteiger partial charge >= 0.3 is 0 Å². The average Bonchev–Trinajstić information content (AvgIpc) is 3.03. The number of β-amino-alcohol motifs (C(OH)–C–C–N with tert-alkyl or cyclic N) is 1. The van der Waals surface area contributed by atoms with Crippen LogP contribution in [0.3, 0.4) is 0 Å². The van der Waals surface area contributed by atoms with Crippen molar-refractivity contribution in [3.05, 3.63) is 21.9 Å². The molecule has 0 radical (unpaired) electrons. The quantitative estimate of drug-likeness (QED) is 0.743. The van der Waals surface area contributed by atoms with Crippen molar-refractivity contribution < 1.29 is 19.8 Å². The Morgan fingerprint density at radius 3 is 2.70 bits per heavy atom. The number of hydrogen-bond donors (Lipinski definition) is 3. The molecule has 1 aromatic heterocycles. The van der Waals surface area contributed by atoms with Gasteiger partial charge in [-0.05, 0) is 32.4 Å². The fraction of sp³-hybridized carbons (Fsp3) is 0.625. The predicted molar refractivity (Wildman–Crippen MR) is 88.4 cm³/mol. The van der Waals surface area contributed by atoms with Gasteiger partial charge in [0.05, 0.1) is 11.4 Å². The summed E-state index contributed by atoms with van der Waals surface area (Å²) in [5, 5.41) is 22.9. The second-order valence-corrected chi connectivity index (χ2v) is 7.36. The van der Waals surface area contributed by atoms with Gasteiger partial charge in [0.25, 0.3) is 5.91 Å². The molecule has 7 heteroatoms. The molecule has 2 amide bonds. The highest BCUT2D eigenvalue weighted by molar-refractivity contribution is 7.13. The van der Waals surface area contributed by atoms with Gasteiger partial charge in [-0.1, -0.05) is 13.3 Å². The lowest BCUT2D eigenvalue weighted by molar-refractivity contribution is -0.128. The minimum Gasteiger partial charge on any atom is -0.388 e. The van der Waals surface area contributed by atoms with E-state index in [0.717, 1.165) is 17.7 Å². The van der Waals surface area contributed by atoms with Crippen molar-refractivity contribution in [3.8, 4) is 0 Å². The highest BCUT2D eigenvalue weighted by atomic mass is 32.1. The molecule has 3 N–H and O–H groups in total. The first kappa shape index (κ1) is 17.9. The van der Waals surface area contributed by atoms with Crippen LogP contribution in [0.4, 0.5) is 0 Å². The highest BCUT2D eigenvalue weighted by Crippen LogP contribution is 2.25. The fourth-order valence-electron chi connectivity index (χ4n) is 2.85. The third-order valence-electron chi connectivity index (χ3n) is 4.03. The number of nitrogens with one attached hydrogen (secondary N) is 1. The van der Waals surface area contributed by atoms with Crippen molar-refractivity contribution in [3.63, 3.8) is 0 Å². The van der Waals surface area contributed by atoms with Gasteiger partial charge in [-0.2, -0.15) is 0 Å². The van der Waals surface area contributed by atoms with Gasteiger partial charge in [-0.15, -0.1) is 11.3 Å². The molecule has 1 aromatic rings. The summed E-state index contributed by atoms with van der Waals surface area (Å²) in [6.45, 7) is 5.75. The van der Waals surface area contributed by atoms with Gasteiger partial charge in [0.2, 0.25) is 5.91 Å². The summed E-state index contributed by atoms with van der Waals surface area (Å²) in [5.41, 5.74) is 0. The Morgan fingerprint density at radius 2 is 2.13 bits per heavy atom. The zero-order valence-corrected chi connectivity index (χ0v) is 14.5.